The SMILES string of the molecule is [CH3-].[CH3-].[CH3-].[CH3-].[CH3-].[Mg+2].[Mg+2].[Y]. The Kier molecular flexibility index (Phi) is 1840. The molecule has 0 atom stereocenters. The standard InChI is InChI=1S/5CH3.2Mg.Y/h5*1H3;;;/q5*-1;2*+2;. The molecule has 0 saturated heterocycles. The Bertz CT molecular complexity index is 10.4. The minimum absolute atomic E-state index is 0. The van der Waals surface area contributed by atoms with Crippen LogP contribution in [0.3, 0.4) is 0 Å². The smallest absolute Gasteiger partial charge is 0.358 e. The summed E-state index contributed by atoms with van der Waals surface area (Å²) in [6.45, 7) is 0. The molecule has 0 heterocycles. The number of rotatable bonds is 0. The number of hydrogen-bond acceptors (Lipinski definition) is 0. The molecule has 1 radical (unpaired) electrons. The van der Waals surface area contributed by atoms with Crippen LogP contribution >= 0.6 is 0 Å². The van der Waals surface area contributed by atoms with Crippen LogP contribution < -0.4 is 0 Å². The summed E-state index contributed by atoms with van der Waals surface area (Å²) in [7, 11) is 0. The number of hydrogen-bond donors (Lipinski definition) is 0. The molecular weight excluding hydrogens is 198 g/mol. The van der Waals surface area contributed by atoms with Gasteiger partial charge in [-0.25, -0.2) is 0 Å². The van der Waals surface area contributed by atoms with E-state index in [1.807, 2.05) is 0 Å². The monoisotopic (exact) mass is 212 g/mol. The van der Waals surface area contributed by atoms with Gasteiger partial charge >= 0.3 is 46.1 Å². The molecule has 0 aliphatic carbocycles. The molecule has 0 bridgehead atoms. The van der Waals surface area contributed by atoms with E-state index in [2.05, 4.69) is 0 Å². The van der Waals surface area contributed by atoms with Gasteiger partial charge in [0.05, 0.1) is 0 Å². The zero-order valence-electron chi connectivity index (χ0n) is 6.99. The molecule has 0 aromatic carbocycles. The average molecular weight is 213 g/mol. The summed E-state index contributed by atoms with van der Waals surface area (Å²) in [6, 6.07) is 0. The second-order valence-electron chi connectivity index (χ2n) is 0. The normalized spacial score (nSPS) is 0. The van der Waals surface area contributed by atoms with Crippen LogP contribution in [0.4, 0.5) is 0 Å². The van der Waals surface area contributed by atoms with Crippen molar-refractivity contribution in [2.45, 2.75) is 0 Å². The fourth-order valence-electron chi connectivity index (χ4n) is 0. The Morgan fingerprint density at radius 2 is 0.375 bits per heavy atom. The molecule has 0 fully saturated rings. The van der Waals surface area contributed by atoms with Crippen LogP contribution in [0.1, 0.15) is 0 Å². The van der Waals surface area contributed by atoms with Crippen molar-refractivity contribution < 1.29 is 32.7 Å². The molecule has 0 nitrogen and oxygen atoms in total. The Balaban J connectivity index is 0. The van der Waals surface area contributed by atoms with E-state index < -0.39 is 0 Å². The fraction of sp³-hybridized carbons (Fsp3) is 0. The van der Waals surface area contributed by atoms with Crippen molar-refractivity contribution in [2.24, 2.45) is 0 Å². The van der Waals surface area contributed by atoms with Gasteiger partial charge in [-0.05, 0) is 0 Å². The molecule has 3 heteroatoms. The third-order valence-electron chi connectivity index (χ3n) is 0. The van der Waals surface area contributed by atoms with E-state index in [-0.39, 0.29) is 116 Å². The van der Waals surface area contributed by atoms with Crippen molar-refractivity contribution in [2.75, 3.05) is 0 Å². The van der Waals surface area contributed by atoms with Crippen LogP contribution in [-0.2, 0) is 32.7 Å². The summed E-state index contributed by atoms with van der Waals surface area (Å²) < 4.78 is 0. The summed E-state index contributed by atoms with van der Waals surface area (Å²) in [5.74, 6) is 0. The van der Waals surface area contributed by atoms with Gasteiger partial charge in [0.25, 0.3) is 0 Å². The predicted octanol–water partition coefficient (Wildman–Crippen LogP) is 1.49. The van der Waals surface area contributed by atoms with E-state index in [9.17, 15) is 0 Å². The fourth-order valence-corrected chi connectivity index (χ4v) is 0. The van der Waals surface area contributed by atoms with Gasteiger partial charge in [-0.1, -0.05) is 0 Å². The summed E-state index contributed by atoms with van der Waals surface area (Å²) in [5.41, 5.74) is 0. The van der Waals surface area contributed by atoms with Gasteiger partial charge in [0, 0.05) is 32.7 Å². The second-order valence-corrected chi connectivity index (χ2v) is 0. The van der Waals surface area contributed by atoms with E-state index >= 15 is 0 Å². The van der Waals surface area contributed by atoms with Crippen molar-refractivity contribution >= 4 is 46.1 Å². The van der Waals surface area contributed by atoms with Gasteiger partial charge in [-0.3, -0.25) is 0 Å². The van der Waals surface area contributed by atoms with Crippen LogP contribution in [-0.4, -0.2) is 46.1 Å². The maximum Gasteiger partial charge on any atom is 2.00 e. The van der Waals surface area contributed by atoms with Gasteiger partial charge in [-0.2, -0.15) is 0 Å². The molecule has 43 valence electrons. The van der Waals surface area contributed by atoms with Gasteiger partial charge in [-0.15, -0.1) is 0 Å². The molecular formula is C5H15Mg2Y-. The third-order valence-corrected chi connectivity index (χ3v) is 0. The molecule has 0 N–H and O–H groups in total. The van der Waals surface area contributed by atoms with E-state index in [1.165, 1.54) is 0 Å². The van der Waals surface area contributed by atoms with Crippen LogP contribution in [0.25, 0.3) is 0 Å². The van der Waals surface area contributed by atoms with E-state index in [0.717, 1.165) is 0 Å². The zero-order valence-corrected chi connectivity index (χ0v) is 12.7. The van der Waals surface area contributed by atoms with Crippen molar-refractivity contribution in [1.82, 2.24) is 0 Å². The van der Waals surface area contributed by atoms with Crippen LogP contribution in [0.5, 0.6) is 0 Å². The zero-order chi connectivity index (χ0) is 0. The summed E-state index contributed by atoms with van der Waals surface area (Å²) in [6.07, 6.45) is 0. The largest absolute Gasteiger partial charge is 2.00 e. The van der Waals surface area contributed by atoms with Crippen molar-refractivity contribution in [3.63, 3.8) is 0 Å². The minimum Gasteiger partial charge on any atom is -0.358 e. The average Bonchev–Trinajstić information content (AvgIpc) is 0. The topological polar surface area (TPSA) is 0 Å². The van der Waals surface area contributed by atoms with Gasteiger partial charge in [0.2, 0.25) is 0 Å². The molecule has 8 heavy (non-hydrogen) atoms. The van der Waals surface area contributed by atoms with Crippen LogP contribution in [0, 0.1) is 37.1 Å². The molecule has 0 aliphatic heterocycles. The maximum atomic E-state index is 0. The van der Waals surface area contributed by atoms with E-state index in [1.54, 1.807) is 0 Å². The van der Waals surface area contributed by atoms with Crippen LogP contribution in [0.2, 0.25) is 0 Å². The Labute approximate surface area is 114 Å². The first-order valence-corrected chi connectivity index (χ1v) is 0. The first-order valence-electron chi connectivity index (χ1n) is 0. The van der Waals surface area contributed by atoms with Gasteiger partial charge in [0.1, 0.15) is 0 Å². The van der Waals surface area contributed by atoms with E-state index in [4.69, 9.17) is 0 Å². The van der Waals surface area contributed by atoms with Gasteiger partial charge < -0.3 is 37.1 Å². The van der Waals surface area contributed by atoms with Crippen LogP contribution in [0.15, 0.2) is 0 Å². The predicted molar refractivity (Wildman–Crippen MR) is 43.6 cm³/mol. The second kappa shape index (κ2) is 103. The molecule has 0 saturated carbocycles. The summed E-state index contributed by atoms with van der Waals surface area (Å²) in [4.78, 5) is 0. The Hall–Kier alpha value is 2.64. The Morgan fingerprint density at radius 1 is 0.375 bits per heavy atom. The Morgan fingerprint density at radius 3 is 0.375 bits per heavy atom. The maximum absolute atomic E-state index is 0. The first-order chi connectivity index (χ1) is 0. The van der Waals surface area contributed by atoms with E-state index in [0.29, 0.717) is 0 Å². The van der Waals surface area contributed by atoms with Crippen molar-refractivity contribution in [1.29, 1.82) is 0 Å². The summed E-state index contributed by atoms with van der Waals surface area (Å²) in [5, 5.41) is 0. The van der Waals surface area contributed by atoms with Crippen molar-refractivity contribution in [3.05, 3.63) is 37.1 Å². The summed E-state index contributed by atoms with van der Waals surface area (Å²) >= 11 is 0. The van der Waals surface area contributed by atoms with Gasteiger partial charge in [0.15, 0.2) is 0 Å². The molecule has 0 aromatic rings. The first kappa shape index (κ1) is 142. The molecule has 0 spiro atoms. The minimum atomic E-state index is 0. The third kappa shape index (κ3) is 72.5. The molecule has 0 aliphatic rings. The molecule has 0 amide bonds. The molecule has 0 aromatic heterocycles. The molecule has 0 rings (SSSR count). The molecule has 0 unspecified atom stereocenters. The van der Waals surface area contributed by atoms with Crippen molar-refractivity contribution in [3.8, 4) is 0 Å². The quantitative estimate of drug-likeness (QED) is 0.422.